The van der Waals surface area contributed by atoms with Crippen molar-refractivity contribution >= 4 is 0 Å². The third-order valence-electron chi connectivity index (χ3n) is 5.67. The Hall–Kier alpha value is -0.870. The van der Waals surface area contributed by atoms with Crippen molar-refractivity contribution in [2.45, 2.75) is 57.1 Å². The molecule has 0 aromatic carbocycles. The van der Waals surface area contributed by atoms with Crippen molar-refractivity contribution in [1.29, 1.82) is 0 Å². The fourth-order valence-corrected chi connectivity index (χ4v) is 3.95. The summed E-state index contributed by atoms with van der Waals surface area (Å²) < 4.78 is 8.20. The summed E-state index contributed by atoms with van der Waals surface area (Å²) in [5, 5.41) is 8.10. The summed E-state index contributed by atoms with van der Waals surface area (Å²) in [6.07, 6.45) is 11.5. The van der Waals surface area contributed by atoms with Crippen LogP contribution in [-0.4, -0.2) is 35.1 Å². The lowest BCUT2D eigenvalue weighted by Crippen LogP contribution is -2.43. The molecule has 2 saturated carbocycles. The highest BCUT2D eigenvalue weighted by Gasteiger charge is 2.50. The van der Waals surface area contributed by atoms with Gasteiger partial charge in [0, 0.05) is 43.5 Å². The van der Waals surface area contributed by atoms with E-state index < -0.39 is 0 Å². The maximum Gasteiger partial charge on any atom is 0.0672 e. The first kappa shape index (κ1) is 13.8. The molecule has 1 N–H and O–H groups in total. The van der Waals surface area contributed by atoms with E-state index in [1.54, 1.807) is 0 Å². The number of ether oxygens (including phenoxy) is 1. The third-order valence-corrected chi connectivity index (χ3v) is 5.67. The van der Waals surface area contributed by atoms with Crippen LogP contribution >= 0.6 is 0 Å². The first-order valence-electron chi connectivity index (χ1n) is 8.59. The van der Waals surface area contributed by atoms with Crippen molar-refractivity contribution in [3.05, 3.63) is 18.0 Å². The van der Waals surface area contributed by atoms with Gasteiger partial charge in [-0.1, -0.05) is 0 Å². The predicted molar refractivity (Wildman–Crippen MR) is 82.1 cm³/mol. The standard InChI is InChI=1S/C17H27N3O/c1-20-15(7-10-19-20)6-8-17(12-18-14-4-5-14)9-11-21-16(17)13-2-3-13/h7,10,13-14,16,18H,2-6,8-9,11-12H2,1H3. The smallest absolute Gasteiger partial charge is 0.0672 e. The van der Waals surface area contributed by atoms with Gasteiger partial charge in [0.05, 0.1) is 6.10 Å². The minimum Gasteiger partial charge on any atom is -0.377 e. The highest BCUT2D eigenvalue weighted by atomic mass is 16.5. The van der Waals surface area contributed by atoms with Crippen LogP contribution in [0.25, 0.3) is 0 Å². The normalized spacial score (nSPS) is 32.7. The van der Waals surface area contributed by atoms with E-state index in [2.05, 4.69) is 16.5 Å². The van der Waals surface area contributed by atoms with Crippen LogP contribution in [0.5, 0.6) is 0 Å². The van der Waals surface area contributed by atoms with Gasteiger partial charge in [0.25, 0.3) is 0 Å². The van der Waals surface area contributed by atoms with Gasteiger partial charge in [-0.2, -0.15) is 5.10 Å². The first-order valence-corrected chi connectivity index (χ1v) is 8.59. The third kappa shape index (κ3) is 2.88. The minimum absolute atomic E-state index is 0.355. The lowest BCUT2D eigenvalue weighted by atomic mass is 9.74. The number of hydrogen-bond acceptors (Lipinski definition) is 3. The van der Waals surface area contributed by atoms with Gasteiger partial charge < -0.3 is 10.1 Å². The van der Waals surface area contributed by atoms with Gasteiger partial charge in [-0.05, 0) is 56.9 Å². The number of aromatic nitrogens is 2. The molecule has 0 bridgehead atoms. The van der Waals surface area contributed by atoms with E-state index in [9.17, 15) is 0 Å². The van der Waals surface area contributed by atoms with Crippen LogP contribution in [0.1, 0.15) is 44.2 Å². The van der Waals surface area contributed by atoms with E-state index in [0.29, 0.717) is 11.5 Å². The van der Waals surface area contributed by atoms with Crippen LogP contribution < -0.4 is 5.32 Å². The summed E-state index contributed by atoms with van der Waals surface area (Å²) in [4.78, 5) is 0. The molecule has 1 aromatic heterocycles. The summed E-state index contributed by atoms with van der Waals surface area (Å²) in [5.74, 6) is 0.833. The summed E-state index contributed by atoms with van der Waals surface area (Å²) in [6.45, 7) is 2.11. The zero-order valence-electron chi connectivity index (χ0n) is 13.1. The van der Waals surface area contributed by atoms with Crippen LogP contribution in [0.2, 0.25) is 0 Å². The fourth-order valence-electron chi connectivity index (χ4n) is 3.95. The molecule has 4 nitrogen and oxygen atoms in total. The van der Waals surface area contributed by atoms with E-state index in [1.165, 1.54) is 44.2 Å². The number of aryl methyl sites for hydroxylation is 2. The van der Waals surface area contributed by atoms with Crippen LogP contribution in [0.3, 0.4) is 0 Å². The van der Waals surface area contributed by atoms with Crippen molar-refractivity contribution in [3.63, 3.8) is 0 Å². The van der Waals surface area contributed by atoms with Crippen LogP contribution in [0.15, 0.2) is 12.3 Å². The Balaban J connectivity index is 1.46. The van der Waals surface area contributed by atoms with E-state index in [4.69, 9.17) is 4.74 Å². The second kappa shape index (κ2) is 5.40. The molecular formula is C17H27N3O. The zero-order chi connectivity index (χ0) is 14.3. The van der Waals surface area contributed by atoms with Gasteiger partial charge in [0.15, 0.2) is 0 Å². The molecule has 2 aliphatic carbocycles. The second-order valence-electron chi connectivity index (χ2n) is 7.34. The molecule has 1 aromatic rings. The quantitative estimate of drug-likeness (QED) is 0.837. The molecule has 2 unspecified atom stereocenters. The SMILES string of the molecule is Cn1nccc1CCC1(CNC2CC2)CCOC1C1CC1. The maximum absolute atomic E-state index is 6.18. The lowest BCUT2D eigenvalue weighted by Gasteiger charge is -2.35. The molecule has 21 heavy (non-hydrogen) atoms. The largest absolute Gasteiger partial charge is 0.377 e. The van der Waals surface area contributed by atoms with E-state index >= 15 is 0 Å². The fraction of sp³-hybridized carbons (Fsp3) is 0.824. The van der Waals surface area contributed by atoms with Crippen LogP contribution in [0, 0.1) is 11.3 Å². The Labute approximate surface area is 127 Å². The molecular weight excluding hydrogens is 262 g/mol. The minimum atomic E-state index is 0.355. The monoisotopic (exact) mass is 289 g/mol. The van der Waals surface area contributed by atoms with Gasteiger partial charge in [0.1, 0.15) is 0 Å². The summed E-state index contributed by atoms with van der Waals surface area (Å²) in [7, 11) is 2.05. The topological polar surface area (TPSA) is 39.1 Å². The van der Waals surface area contributed by atoms with Gasteiger partial charge in [-0.3, -0.25) is 4.68 Å². The van der Waals surface area contributed by atoms with Crippen molar-refractivity contribution < 1.29 is 4.74 Å². The maximum atomic E-state index is 6.18. The molecule has 0 amide bonds. The first-order chi connectivity index (χ1) is 10.3. The Morgan fingerprint density at radius 2 is 2.24 bits per heavy atom. The van der Waals surface area contributed by atoms with Crippen LogP contribution in [-0.2, 0) is 18.2 Å². The highest BCUT2D eigenvalue weighted by Crippen LogP contribution is 2.50. The highest BCUT2D eigenvalue weighted by molar-refractivity contribution is 5.06. The zero-order valence-corrected chi connectivity index (χ0v) is 13.1. The average Bonchev–Trinajstić information content (AvgIpc) is 3.41. The van der Waals surface area contributed by atoms with Crippen LogP contribution in [0.4, 0.5) is 0 Å². The predicted octanol–water partition coefficient (Wildman–Crippen LogP) is 2.29. The molecule has 2 heterocycles. The number of nitrogens with one attached hydrogen (secondary N) is 1. The van der Waals surface area contributed by atoms with E-state index in [0.717, 1.165) is 31.5 Å². The van der Waals surface area contributed by atoms with Gasteiger partial charge in [0.2, 0.25) is 0 Å². The number of nitrogens with zero attached hydrogens (tertiary/aromatic N) is 2. The Bertz CT molecular complexity index is 492. The number of rotatable bonds is 7. The second-order valence-corrected chi connectivity index (χ2v) is 7.34. The summed E-state index contributed by atoms with van der Waals surface area (Å²) in [5.41, 5.74) is 1.70. The molecule has 4 heteroatoms. The van der Waals surface area contributed by atoms with Gasteiger partial charge >= 0.3 is 0 Å². The molecule has 2 atom stereocenters. The molecule has 0 radical (unpaired) electrons. The number of hydrogen-bond donors (Lipinski definition) is 1. The molecule has 3 aliphatic rings. The molecule has 0 spiro atoms. The summed E-state index contributed by atoms with van der Waals surface area (Å²) >= 11 is 0. The van der Waals surface area contributed by atoms with Crippen molar-refractivity contribution in [2.24, 2.45) is 18.4 Å². The molecule has 1 aliphatic heterocycles. The van der Waals surface area contributed by atoms with Gasteiger partial charge in [-0.15, -0.1) is 0 Å². The van der Waals surface area contributed by atoms with Crippen molar-refractivity contribution in [3.8, 4) is 0 Å². The van der Waals surface area contributed by atoms with E-state index in [-0.39, 0.29) is 0 Å². The van der Waals surface area contributed by atoms with E-state index in [1.807, 2.05) is 17.9 Å². The Kier molecular flexibility index (Phi) is 3.54. The summed E-state index contributed by atoms with van der Waals surface area (Å²) in [6, 6.07) is 2.95. The van der Waals surface area contributed by atoms with Crippen molar-refractivity contribution in [1.82, 2.24) is 15.1 Å². The average molecular weight is 289 g/mol. The Morgan fingerprint density at radius 1 is 1.38 bits per heavy atom. The molecule has 1 saturated heterocycles. The lowest BCUT2D eigenvalue weighted by molar-refractivity contribution is 0.0263. The molecule has 116 valence electrons. The molecule has 3 fully saturated rings. The Morgan fingerprint density at radius 3 is 2.90 bits per heavy atom. The van der Waals surface area contributed by atoms with Gasteiger partial charge in [-0.25, -0.2) is 0 Å². The van der Waals surface area contributed by atoms with Crippen molar-refractivity contribution in [2.75, 3.05) is 13.2 Å². The molecule has 4 rings (SSSR count).